The zero-order valence-electron chi connectivity index (χ0n) is 38.4. The summed E-state index contributed by atoms with van der Waals surface area (Å²) in [6.07, 6.45) is 49.8. The van der Waals surface area contributed by atoms with Crippen LogP contribution in [-0.2, 0) is 19.1 Å². The van der Waals surface area contributed by atoms with Crippen molar-refractivity contribution in [2.75, 3.05) is 13.2 Å². The first kappa shape index (κ1) is 53.9. The Labute approximate surface area is 349 Å². The summed E-state index contributed by atoms with van der Waals surface area (Å²) in [4.78, 5) is 24.9. The van der Waals surface area contributed by atoms with Gasteiger partial charge in [0.05, 0.1) is 0 Å². The zero-order chi connectivity index (χ0) is 41.2. The highest BCUT2D eigenvalue weighted by Gasteiger charge is 2.07. The summed E-state index contributed by atoms with van der Waals surface area (Å²) in [5.74, 6) is -0.145. The molecule has 0 aliphatic carbocycles. The molecule has 0 aliphatic heterocycles. The van der Waals surface area contributed by atoms with Crippen molar-refractivity contribution < 1.29 is 19.1 Å². The molecule has 0 aliphatic rings. The fourth-order valence-electron chi connectivity index (χ4n) is 7.20. The molecule has 0 bridgehead atoms. The van der Waals surface area contributed by atoms with Crippen LogP contribution in [-0.4, -0.2) is 25.2 Å². The molecule has 0 amide bonds. The van der Waals surface area contributed by atoms with Gasteiger partial charge in [0.15, 0.2) is 0 Å². The first-order valence-electron chi connectivity index (χ1n) is 24.2. The Morgan fingerprint density at radius 2 is 0.732 bits per heavy atom. The first-order valence-corrected chi connectivity index (χ1v) is 24.2. The number of carbonyl (C=O) groups is 2. The Morgan fingerprint density at radius 1 is 0.375 bits per heavy atom. The number of ether oxygens (including phenoxy) is 2. The Balaban J connectivity index is 4.41. The maximum atomic E-state index is 12.6. The van der Waals surface area contributed by atoms with E-state index in [-0.39, 0.29) is 11.9 Å². The second-order valence-electron chi connectivity index (χ2n) is 17.2. The van der Waals surface area contributed by atoms with Crippen LogP contribution in [0, 0.1) is 0 Å². The predicted octanol–water partition coefficient (Wildman–Crippen LogP) is 17.2. The van der Waals surface area contributed by atoms with Crippen molar-refractivity contribution in [1.29, 1.82) is 0 Å². The second kappa shape index (κ2) is 42.5. The fraction of sp³-hybridized carbons (Fsp3) is 0.808. The minimum absolute atomic E-state index is 0.0656. The summed E-state index contributed by atoms with van der Waals surface area (Å²) >= 11 is 0. The Kier molecular flexibility index (Phi) is 40.9. The zero-order valence-corrected chi connectivity index (χ0v) is 38.4. The van der Waals surface area contributed by atoms with Gasteiger partial charge in [-0.2, -0.15) is 0 Å². The molecule has 0 aromatic rings. The van der Waals surface area contributed by atoms with Crippen LogP contribution < -0.4 is 0 Å². The van der Waals surface area contributed by atoms with E-state index in [1.54, 1.807) is 0 Å². The molecule has 4 nitrogen and oxygen atoms in total. The third-order valence-electron chi connectivity index (χ3n) is 11.1. The number of esters is 2. The average molecular weight is 783 g/mol. The molecular formula is C52H94O4. The van der Waals surface area contributed by atoms with Crippen LogP contribution in [0.1, 0.15) is 260 Å². The van der Waals surface area contributed by atoms with Crippen molar-refractivity contribution in [3.05, 3.63) is 46.6 Å². The lowest BCUT2D eigenvalue weighted by Crippen LogP contribution is -2.08. The van der Waals surface area contributed by atoms with Crippen molar-refractivity contribution >= 4 is 11.9 Å². The molecule has 0 aromatic heterocycles. The summed E-state index contributed by atoms with van der Waals surface area (Å²) in [6.45, 7) is 13.9. The van der Waals surface area contributed by atoms with E-state index in [4.69, 9.17) is 9.47 Å². The summed E-state index contributed by atoms with van der Waals surface area (Å²) in [5.41, 5.74) is 5.22. The van der Waals surface area contributed by atoms with Crippen molar-refractivity contribution in [2.45, 2.75) is 260 Å². The molecule has 0 rings (SSSR count). The molecule has 0 radical (unpaired) electrons. The molecule has 0 spiro atoms. The van der Waals surface area contributed by atoms with Gasteiger partial charge in [-0.25, -0.2) is 0 Å². The maximum absolute atomic E-state index is 12.6. The Hall–Kier alpha value is -2.10. The quantitative estimate of drug-likeness (QED) is 0.0352. The Bertz CT molecular complexity index is 1030. The van der Waals surface area contributed by atoms with Crippen molar-refractivity contribution in [3.8, 4) is 0 Å². The van der Waals surface area contributed by atoms with Gasteiger partial charge in [0.2, 0.25) is 0 Å². The molecule has 326 valence electrons. The SMILES string of the molecule is CCCCCCCCCCCCCCCC(=O)OCC=C(C)CCC=C(CCC=C(C)CCC=C(C)C)COC(=O)CCCCCCCCCCCCCCC. The van der Waals surface area contributed by atoms with Crippen LogP contribution in [0.25, 0.3) is 0 Å². The van der Waals surface area contributed by atoms with Gasteiger partial charge in [-0.3, -0.25) is 9.59 Å². The molecular weight excluding hydrogens is 689 g/mol. The summed E-state index contributed by atoms with van der Waals surface area (Å²) in [5, 5.41) is 0. The number of rotatable bonds is 41. The average Bonchev–Trinajstić information content (AvgIpc) is 3.17. The van der Waals surface area contributed by atoms with Crippen molar-refractivity contribution in [2.24, 2.45) is 0 Å². The normalized spacial score (nSPS) is 12.3. The van der Waals surface area contributed by atoms with Crippen LogP contribution in [0.15, 0.2) is 46.6 Å². The molecule has 56 heavy (non-hydrogen) atoms. The molecule has 0 saturated carbocycles. The smallest absolute Gasteiger partial charge is 0.306 e. The van der Waals surface area contributed by atoms with Crippen LogP contribution in [0.5, 0.6) is 0 Å². The van der Waals surface area contributed by atoms with E-state index in [2.05, 4.69) is 59.8 Å². The van der Waals surface area contributed by atoms with Gasteiger partial charge in [0.25, 0.3) is 0 Å². The molecule has 0 heterocycles. The van der Waals surface area contributed by atoms with Gasteiger partial charge in [-0.15, -0.1) is 0 Å². The van der Waals surface area contributed by atoms with Crippen molar-refractivity contribution in [1.82, 2.24) is 0 Å². The van der Waals surface area contributed by atoms with Crippen LogP contribution >= 0.6 is 0 Å². The number of allylic oxidation sites excluding steroid dienone is 6. The van der Waals surface area contributed by atoms with Crippen molar-refractivity contribution in [3.63, 3.8) is 0 Å². The van der Waals surface area contributed by atoms with E-state index in [1.165, 1.54) is 164 Å². The molecule has 0 saturated heterocycles. The molecule has 4 heteroatoms. The minimum atomic E-state index is -0.0795. The summed E-state index contributed by atoms with van der Waals surface area (Å²) < 4.78 is 11.3. The summed E-state index contributed by atoms with van der Waals surface area (Å²) in [7, 11) is 0. The third-order valence-corrected chi connectivity index (χ3v) is 11.1. The van der Waals surface area contributed by atoms with Gasteiger partial charge in [-0.1, -0.05) is 203 Å². The van der Waals surface area contributed by atoms with Gasteiger partial charge >= 0.3 is 11.9 Å². The predicted molar refractivity (Wildman–Crippen MR) is 245 cm³/mol. The van der Waals surface area contributed by atoms with Crippen LogP contribution in [0.4, 0.5) is 0 Å². The molecule has 0 fully saturated rings. The molecule has 0 atom stereocenters. The minimum Gasteiger partial charge on any atom is -0.461 e. The lowest BCUT2D eigenvalue weighted by molar-refractivity contribution is -0.143. The molecule has 0 aromatic carbocycles. The topological polar surface area (TPSA) is 52.6 Å². The van der Waals surface area contributed by atoms with E-state index >= 15 is 0 Å². The highest BCUT2D eigenvalue weighted by molar-refractivity contribution is 5.69. The third kappa shape index (κ3) is 41.5. The first-order chi connectivity index (χ1) is 27.3. The van der Waals surface area contributed by atoms with E-state index in [9.17, 15) is 9.59 Å². The van der Waals surface area contributed by atoms with E-state index in [0.717, 1.165) is 64.2 Å². The number of unbranched alkanes of at least 4 members (excludes halogenated alkanes) is 24. The highest BCUT2D eigenvalue weighted by atomic mass is 16.5. The lowest BCUT2D eigenvalue weighted by Gasteiger charge is -2.10. The highest BCUT2D eigenvalue weighted by Crippen LogP contribution is 2.17. The summed E-state index contributed by atoms with van der Waals surface area (Å²) in [6, 6.07) is 0. The van der Waals surface area contributed by atoms with Crippen LogP contribution in [0.2, 0.25) is 0 Å². The van der Waals surface area contributed by atoms with Crippen LogP contribution in [0.3, 0.4) is 0 Å². The monoisotopic (exact) mass is 783 g/mol. The largest absolute Gasteiger partial charge is 0.461 e. The van der Waals surface area contributed by atoms with Gasteiger partial charge in [0.1, 0.15) is 13.2 Å². The Morgan fingerprint density at radius 3 is 1.16 bits per heavy atom. The number of hydrogen-bond acceptors (Lipinski definition) is 4. The van der Waals surface area contributed by atoms with Gasteiger partial charge in [0, 0.05) is 12.8 Å². The lowest BCUT2D eigenvalue weighted by atomic mass is 10.0. The van der Waals surface area contributed by atoms with E-state index in [0.29, 0.717) is 26.1 Å². The maximum Gasteiger partial charge on any atom is 0.306 e. The fourth-order valence-corrected chi connectivity index (χ4v) is 7.20. The number of hydrogen-bond donors (Lipinski definition) is 0. The second-order valence-corrected chi connectivity index (χ2v) is 17.2. The van der Waals surface area contributed by atoms with Gasteiger partial charge < -0.3 is 9.47 Å². The standard InChI is InChI=1S/C52H94O4/c1-7-9-11-13-15-17-19-21-23-25-27-29-31-42-51(53)55-45-44-49(6)39-35-41-50(40-34-38-48(5)37-33-36-47(3)4)46-56-52(54)43-32-30-28-26-24-22-20-18-16-14-12-10-8-2/h36,38,41,44H,7-35,37,39-40,42-43,45-46H2,1-6H3. The molecule has 0 unspecified atom stereocenters. The van der Waals surface area contributed by atoms with Gasteiger partial charge in [-0.05, 0) is 90.7 Å². The molecule has 0 N–H and O–H groups in total. The number of carbonyl (C=O) groups excluding carboxylic acids is 2. The van der Waals surface area contributed by atoms with E-state index in [1.807, 2.05) is 6.08 Å². The van der Waals surface area contributed by atoms with E-state index < -0.39 is 0 Å².